The zero-order chi connectivity index (χ0) is 13.3. The quantitative estimate of drug-likeness (QED) is 0.904. The van der Waals surface area contributed by atoms with E-state index in [4.69, 9.17) is 10.5 Å². The summed E-state index contributed by atoms with van der Waals surface area (Å²) in [5.41, 5.74) is 8.67. The van der Waals surface area contributed by atoms with Crippen LogP contribution in [0.4, 0.5) is 4.39 Å². The Morgan fingerprint density at radius 2 is 2.17 bits per heavy atom. The van der Waals surface area contributed by atoms with Crippen molar-refractivity contribution < 1.29 is 9.13 Å². The lowest BCUT2D eigenvalue weighted by molar-refractivity contribution is 0.406. The first kappa shape index (κ1) is 12.6. The lowest BCUT2D eigenvalue weighted by Crippen LogP contribution is -2.18. The summed E-state index contributed by atoms with van der Waals surface area (Å²) in [7, 11) is 3.38. The Labute approximate surface area is 105 Å². The molecule has 2 rings (SSSR count). The van der Waals surface area contributed by atoms with Crippen molar-refractivity contribution in [2.75, 3.05) is 7.11 Å². The molecule has 2 N–H and O–H groups in total. The molecule has 0 aliphatic carbocycles. The van der Waals surface area contributed by atoms with Crippen LogP contribution < -0.4 is 10.5 Å². The van der Waals surface area contributed by atoms with E-state index in [-0.39, 0.29) is 5.82 Å². The first-order chi connectivity index (χ1) is 8.54. The molecule has 0 spiro atoms. The Bertz CT molecular complexity index is 565. The number of methoxy groups -OCH3 is 1. The van der Waals surface area contributed by atoms with E-state index in [0.717, 1.165) is 16.8 Å². The Morgan fingerprint density at radius 1 is 1.44 bits per heavy atom. The first-order valence-electron chi connectivity index (χ1n) is 5.62. The second-order valence-electron chi connectivity index (χ2n) is 4.20. The van der Waals surface area contributed by atoms with Gasteiger partial charge in [0.1, 0.15) is 11.5 Å². The van der Waals surface area contributed by atoms with Gasteiger partial charge in [-0.15, -0.1) is 0 Å². The standard InChI is InChI=1S/C13H16FN3O/c1-8-6-9(14)4-5-10(8)12(15)13-11(18-3)7-16-17(13)2/h4-7,12H,15H2,1-3H3. The van der Waals surface area contributed by atoms with Gasteiger partial charge in [0.2, 0.25) is 0 Å². The summed E-state index contributed by atoms with van der Waals surface area (Å²) in [6, 6.07) is 4.18. The fraction of sp³-hybridized carbons (Fsp3) is 0.308. The van der Waals surface area contributed by atoms with Crippen LogP contribution in [0.25, 0.3) is 0 Å². The fourth-order valence-electron chi connectivity index (χ4n) is 2.07. The summed E-state index contributed by atoms with van der Waals surface area (Å²) in [5, 5.41) is 4.12. The number of rotatable bonds is 3. The van der Waals surface area contributed by atoms with Gasteiger partial charge in [0.05, 0.1) is 19.3 Å². The smallest absolute Gasteiger partial charge is 0.161 e. The molecule has 0 amide bonds. The second kappa shape index (κ2) is 4.78. The predicted molar refractivity (Wildman–Crippen MR) is 66.9 cm³/mol. The molecule has 1 heterocycles. The van der Waals surface area contributed by atoms with Crippen molar-refractivity contribution in [1.29, 1.82) is 0 Å². The second-order valence-corrected chi connectivity index (χ2v) is 4.20. The van der Waals surface area contributed by atoms with Crippen LogP contribution in [0.1, 0.15) is 22.9 Å². The van der Waals surface area contributed by atoms with Crippen LogP contribution in [0, 0.1) is 12.7 Å². The maximum atomic E-state index is 13.1. The number of nitrogens with zero attached hydrogens (tertiary/aromatic N) is 2. The van der Waals surface area contributed by atoms with Gasteiger partial charge in [-0.25, -0.2) is 4.39 Å². The summed E-state index contributed by atoms with van der Waals surface area (Å²) in [6.07, 6.45) is 1.62. The molecule has 0 aliphatic heterocycles. The summed E-state index contributed by atoms with van der Waals surface area (Å²) in [6.45, 7) is 1.83. The SMILES string of the molecule is COc1cnn(C)c1C(N)c1ccc(F)cc1C. The third kappa shape index (κ3) is 2.09. The molecule has 1 aromatic carbocycles. The van der Waals surface area contributed by atoms with Gasteiger partial charge >= 0.3 is 0 Å². The summed E-state index contributed by atoms with van der Waals surface area (Å²) in [4.78, 5) is 0. The van der Waals surface area contributed by atoms with Crippen molar-refractivity contribution in [3.05, 3.63) is 47.0 Å². The van der Waals surface area contributed by atoms with Crippen LogP contribution in [0.2, 0.25) is 0 Å². The molecule has 4 nitrogen and oxygen atoms in total. The van der Waals surface area contributed by atoms with E-state index in [1.807, 2.05) is 6.92 Å². The summed E-state index contributed by atoms with van der Waals surface area (Å²) >= 11 is 0. The average Bonchev–Trinajstić information content (AvgIpc) is 2.69. The van der Waals surface area contributed by atoms with Crippen LogP contribution in [-0.2, 0) is 7.05 Å². The molecule has 0 radical (unpaired) electrons. The molecular weight excluding hydrogens is 233 g/mol. The van der Waals surface area contributed by atoms with Gasteiger partial charge in [-0.3, -0.25) is 4.68 Å². The molecule has 1 unspecified atom stereocenters. The van der Waals surface area contributed by atoms with Crippen LogP contribution in [0.3, 0.4) is 0 Å². The fourth-order valence-corrected chi connectivity index (χ4v) is 2.07. The Hall–Kier alpha value is -1.88. The van der Waals surface area contributed by atoms with Crippen molar-refractivity contribution in [2.24, 2.45) is 12.8 Å². The summed E-state index contributed by atoms with van der Waals surface area (Å²) in [5.74, 6) is 0.370. The van der Waals surface area contributed by atoms with Gasteiger partial charge in [0, 0.05) is 7.05 Å². The van der Waals surface area contributed by atoms with E-state index in [1.165, 1.54) is 12.1 Å². The van der Waals surface area contributed by atoms with E-state index in [1.54, 1.807) is 31.1 Å². The third-order valence-electron chi connectivity index (χ3n) is 3.03. The molecule has 2 aromatic rings. The molecule has 0 aliphatic rings. The van der Waals surface area contributed by atoms with Crippen LogP contribution >= 0.6 is 0 Å². The highest BCUT2D eigenvalue weighted by atomic mass is 19.1. The van der Waals surface area contributed by atoms with Crippen LogP contribution in [0.15, 0.2) is 24.4 Å². The molecule has 5 heteroatoms. The van der Waals surface area contributed by atoms with Gasteiger partial charge in [0.25, 0.3) is 0 Å². The minimum Gasteiger partial charge on any atom is -0.493 e. The molecule has 0 fully saturated rings. The van der Waals surface area contributed by atoms with Gasteiger partial charge in [-0.1, -0.05) is 6.07 Å². The minimum atomic E-state index is -0.395. The number of aromatic nitrogens is 2. The van der Waals surface area contributed by atoms with Gasteiger partial charge in [0.15, 0.2) is 5.75 Å². The number of halogens is 1. The highest BCUT2D eigenvalue weighted by Gasteiger charge is 2.20. The molecular formula is C13H16FN3O. The number of hydrogen-bond acceptors (Lipinski definition) is 3. The van der Waals surface area contributed by atoms with E-state index in [0.29, 0.717) is 5.75 Å². The normalized spacial score (nSPS) is 12.5. The molecule has 1 atom stereocenters. The van der Waals surface area contributed by atoms with Crippen molar-refractivity contribution >= 4 is 0 Å². The van der Waals surface area contributed by atoms with Gasteiger partial charge < -0.3 is 10.5 Å². The Kier molecular flexibility index (Phi) is 3.34. The number of nitrogens with two attached hydrogens (primary N) is 1. The Balaban J connectivity index is 2.47. The van der Waals surface area contributed by atoms with E-state index in [2.05, 4.69) is 5.10 Å². The van der Waals surface area contributed by atoms with Crippen LogP contribution in [-0.4, -0.2) is 16.9 Å². The van der Waals surface area contributed by atoms with E-state index < -0.39 is 6.04 Å². The van der Waals surface area contributed by atoms with Crippen molar-refractivity contribution in [1.82, 2.24) is 9.78 Å². The molecule has 0 bridgehead atoms. The lowest BCUT2D eigenvalue weighted by atomic mass is 9.99. The summed E-state index contributed by atoms with van der Waals surface area (Å²) < 4.78 is 20.0. The topological polar surface area (TPSA) is 53.1 Å². The molecule has 0 saturated heterocycles. The van der Waals surface area contributed by atoms with Crippen molar-refractivity contribution in [2.45, 2.75) is 13.0 Å². The lowest BCUT2D eigenvalue weighted by Gasteiger charge is -2.16. The predicted octanol–water partition coefficient (Wildman–Crippen LogP) is 1.92. The highest BCUT2D eigenvalue weighted by Crippen LogP contribution is 2.29. The third-order valence-corrected chi connectivity index (χ3v) is 3.03. The van der Waals surface area contributed by atoms with Gasteiger partial charge in [-0.2, -0.15) is 5.10 Å². The zero-order valence-corrected chi connectivity index (χ0v) is 10.6. The number of ether oxygens (including phenoxy) is 1. The maximum absolute atomic E-state index is 13.1. The molecule has 0 saturated carbocycles. The average molecular weight is 249 g/mol. The largest absolute Gasteiger partial charge is 0.493 e. The molecule has 18 heavy (non-hydrogen) atoms. The number of aryl methyl sites for hydroxylation is 2. The van der Waals surface area contributed by atoms with Crippen LogP contribution in [0.5, 0.6) is 5.75 Å². The molecule has 1 aromatic heterocycles. The number of benzene rings is 1. The molecule has 96 valence electrons. The highest BCUT2D eigenvalue weighted by molar-refractivity contribution is 5.39. The Morgan fingerprint density at radius 3 is 2.78 bits per heavy atom. The maximum Gasteiger partial charge on any atom is 0.161 e. The monoisotopic (exact) mass is 249 g/mol. The van der Waals surface area contributed by atoms with Crippen molar-refractivity contribution in [3.63, 3.8) is 0 Å². The zero-order valence-electron chi connectivity index (χ0n) is 10.6. The van der Waals surface area contributed by atoms with E-state index >= 15 is 0 Å². The van der Waals surface area contributed by atoms with Gasteiger partial charge in [-0.05, 0) is 30.2 Å². The van der Waals surface area contributed by atoms with E-state index in [9.17, 15) is 4.39 Å². The van der Waals surface area contributed by atoms with Crippen molar-refractivity contribution in [3.8, 4) is 5.75 Å². The minimum absolute atomic E-state index is 0.263. The first-order valence-corrected chi connectivity index (χ1v) is 5.62. The number of hydrogen-bond donors (Lipinski definition) is 1.